The summed E-state index contributed by atoms with van der Waals surface area (Å²) in [5.41, 5.74) is 1.71. The highest BCUT2D eigenvalue weighted by molar-refractivity contribution is 9.10. The maximum absolute atomic E-state index is 11.1. The van der Waals surface area contributed by atoms with Gasteiger partial charge in [0, 0.05) is 11.6 Å². The Morgan fingerprint density at radius 1 is 1.38 bits per heavy atom. The lowest BCUT2D eigenvalue weighted by Gasteiger charge is -2.12. The topological polar surface area (TPSA) is 35.5 Å². The van der Waals surface area contributed by atoms with Crippen molar-refractivity contribution in [1.82, 2.24) is 0 Å². The van der Waals surface area contributed by atoms with E-state index in [1.165, 1.54) is 0 Å². The van der Waals surface area contributed by atoms with Crippen LogP contribution in [0.1, 0.15) is 12.5 Å². The van der Waals surface area contributed by atoms with Gasteiger partial charge in [-0.1, -0.05) is 6.07 Å². The number of halogens is 1. The molecular formula is C12H11BrO3. The molecule has 3 nitrogen and oxygen atoms in total. The molecule has 1 aliphatic rings. The summed E-state index contributed by atoms with van der Waals surface area (Å²) in [6, 6.07) is 5.73. The molecule has 84 valence electrons. The summed E-state index contributed by atoms with van der Waals surface area (Å²) in [5.74, 6) is 0.336. The van der Waals surface area contributed by atoms with Crippen LogP contribution in [-0.2, 0) is 9.53 Å². The van der Waals surface area contributed by atoms with Gasteiger partial charge in [-0.05, 0) is 47.5 Å². The Morgan fingerprint density at radius 3 is 2.69 bits per heavy atom. The third kappa shape index (κ3) is 2.27. The van der Waals surface area contributed by atoms with Crippen LogP contribution in [0.2, 0.25) is 0 Å². The number of hydrogen-bond donors (Lipinski definition) is 0. The predicted molar refractivity (Wildman–Crippen MR) is 63.1 cm³/mol. The summed E-state index contributed by atoms with van der Waals surface area (Å²) >= 11 is 3.40. The van der Waals surface area contributed by atoms with Gasteiger partial charge in [0.1, 0.15) is 5.75 Å². The number of esters is 1. The molecule has 0 saturated carbocycles. The summed E-state index contributed by atoms with van der Waals surface area (Å²) < 4.78 is 11.4. The minimum absolute atomic E-state index is 0.326. The second-order valence-electron chi connectivity index (χ2n) is 3.68. The quantitative estimate of drug-likeness (QED) is 0.783. The summed E-state index contributed by atoms with van der Waals surface area (Å²) in [4.78, 5) is 11.1. The first-order valence-corrected chi connectivity index (χ1v) is 5.68. The maximum atomic E-state index is 11.1. The van der Waals surface area contributed by atoms with Crippen LogP contribution < -0.4 is 4.74 Å². The lowest BCUT2D eigenvalue weighted by atomic mass is 10.2. The number of cyclic esters (lactones) is 1. The van der Waals surface area contributed by atoms with E-state index in [9.17, 15) is 4.79 Å². The van der Waals surface area contributed by atoms with Crippen LogP contribution in [0, 0.1) is 6.92 Å². The number of rotatable bonds is 2. The van der Waals surface area contributed by atoms with E-state index in [1.54, 1.807) is 13.0 Å². The zero-order chi connectivity index (χ0) is 11.7. The van der Waals surface area contributed by atoms with Crippen LogP contribution in [0.25, 0.3) is 0 Å². The predicted octanol–water partition coefficient (Wildman–Crippen LogP) is 2.97. The fourth-order valence-corrected chi connectivity index (χ4v) is 1.98. The van der Waals surface area contributed by atoms with Crippen molar-refractivity contribution < 1.29 is 14.3 Å². The first kappa shape index (κ1) is 11.2. The van der Waals surface area contributed by atoms with Gasteiger partial charge in [-0.2, -0.15) is 0 Å². The molecule has 0 amide bonds. The summed E-state index contributed by atoms with van der Waals surface area (Å²) in [5, 5.41) is 0. The fourth-order valence-electron chi connectivity index (χ4n) is 1.39. The Morgan fingerprint density at radius 2 is 2.12 bits per heavy atom. The summed E-state index contributed by atoms with van der Waals surface area (Å²) in [6.07, 6.45) is 1.04. The van der Waals surface area contributed by atoms with Crippen LogP contribution in [0.3, 0.4) is 0 Å². The zero-order valence-corrected chi connectivity index (χ0v) is 10.6. The van der Waals surface area contributed by atoms with Gasteiger partial charge in [-0.15, -0.1) is 0 Å². The van der Waals surface area contributed by atoms with Gasteiger partial charge in [-0.3, -0.25) is 0 Å². The van der Waals surface area contributed by atoms with Crippen molar-refractivity contribution in [3.05, 3.63) is 39.9 Å². The number of benzene rings is 1. The van der Waals surface area contributed by atoms with E-state index in [0.29, 0.717) is 11.3 Å². The van der Waals surface area contributed by atoms with E-state index in [2.05, 4.69) is 15.9 Å². The SMILES string of the molecule is CC1=CC(Oc2ccc(C)cc2Br)OC1=O. The van der Waals surface area contributed by atoms with E-state index in [1.807, 2.05) is 25.1 Å². The molecule has 1 atom stereocenters. The third-order valence-corrected chi connectivity index (χ3v) is 2.88. The molecule has 0 N–H and O–H groups in total. The lowest BCUT2D eigenvalue weighted by molar-refractivity contribution is -0.148. The van der Waals surface area contributed by atoms with Crippen molar-refractivity contribution in [3.63, 3.8) is 0 Å². The van der Waals surface area contributed by atoms with E-state index in [4.69, 9.17) is 9.47 Å². The Kier molecular flexibility index (Phi) is 3.01. The van der Waals surface area contributed by atoms with Gasteiger partial charge >= 0.3 is 5.97 Å². The molecule has 0 aliphatic carbocycles. The van der Waals surface area contributed by atoms with Crippen LogP contribution in [0.5, 0.6) is 5.75 Å². The third-order valence-electron chi connectivity index (χ3n) is 2.26. The van der Waals surface area contributed by atoms with Crippen molar-refractivity contribution in [1.29, 1.82) is 0 Å². The van der Waals surface area contributed by atoms with Crippen molar-refractivity contribution >= 4 is 21.9 Å². The van der Waals surface area contributed by atoms with Crippen molar-refractivity contribution in [2.24, 2.45) is 0 Å². The minimum Gasteiger partial charge on any atom is -0.450 e. The largest absolute Gasteiger partial charge is 0.450 e. The highest BCUT2D eigenvalue weighted by Gasteiger charge is 2.23. The highest BCUT2D eigenvalue weighted by atomic mass is 79.9. The summed E-state index contributed by atoms with van der Waals surface area (Å²) in [7, 11) is 0. The normalized spacial score (nSPS) is 19.3. The highest BCUT2D eigenvalue weighted by Crippen LogP contribution is 2.28. The van der Waals surface area contributed by atoms with Crippen LogP contribution >= 0.6 is 15.9 Å². The molecule has 16 heavy (non-hydrogen) atoms. The molecule has 0 saturated heterocycles. The first-order valence-electron chi connectivity index (χ1n) is 4.88. The number of ether oxygens (including phenoxy) is 2. The number of carbonyl (C=O) groups excluding carboxylic acids is 1. The van der Waals surface area contributed by atoms with Crippen molar-refractivity contribution in [2.75, 3.05) is 0 Å². The van der Waals surface area contributed by atoms with Crippen LogP contribution in [0.15, 0.2) is 34.3 Å². The smallest absolute Gasteiger partial charge is 0.336 e. The lowest BCUT2D eigenvalue weighted by Crippen LogP contribution is -2.15. The van der Waals surface area contributed by atoms with Gasteiger partial charge in [0.25, 0.3) is 6.29 Å². The number of hydrogen-bond acceptors (Lipinski definition) is 3. The molecule has 0 bridgehead atoms. The van der Waals surface area contributed by atoms with Crippen molar-refractivity contribution in [3.8, 4) is 5.75 Å². The molecule has 1 aromatic rings. The zero-order valence-electron chi connectivity index (χ0n) is 8.99. The van der Waals surface area contributed by atoms with Crippen LogP contribution in [0.4, 0.5) is 0 Å². The minimum atomic E-state index is -0.619. The van der Waals surface area contributed by atoms with Gasteiger partial charge < -0.3 is 9.47 Å². The van der Waals surface area contributed by atoms with Gasteiger partial charge in [-0.25, -0.2) is 4.79 Å². The Bertz CT molecular complexity index is 465. The monoisotopic (exact) mass is 282 g/mol. The van der Waals surface area contributed by atoms with E-state index < -0.39 is 6.29 Å². The average molecular weight is 283 g/mol. The molecule has 1 aromatic carbocycles. The molecule has 0 spiro atoms. The molecule has 2 rings (SSSR count). The standard InChI is InChI=1S/C12H11BrO3/c1-7-3-4-10(9(13)5-7)15-11-6-8(2)12(14)16-11/h3-6,11H,1-2H3. The van der Waals surface area contributed by atoms with E-state index in [-0.39, 0.29) is 5.97 Å². The first-order chi connectivity index (χ1) is 7.56. The van der Waals surface area contributed by atoms with Gasteiger partial charge in [0.15, 0.2) is 0 Å². The fraction of sp³-hybridized carbons (Fsp3) is 0.250. The van der Waals surface area contributed by atoms with Crippen molar-refractivity contribution in [2.45, 2.75) is 20.1 Å². The van der Waals surface area contributed by atoms with E-state index in [0.717, 1.165) is 10.0 Å². The molecule has 1 heterocycles. The number of aryl methyl sites for hydroxylation is 1. The number of carbonyl (C=O) groups is 1. The van der Waals surface area contributed by atoms with E-state index >= 15 is 0 Å². The van der Waals surface area contributed by atoms with Gasteiger partial charge in [0.05, 0.1) is 4.47 Å². The second kappa shape index (κ2) is 4.29. The molecule has 1 aliphatic heterocycles. The average Bonchev–Trinajstić information content (AvgIpc) is 2.51. The molecule has 0 aromatic heterocycles. The second-order valence-corrected chi connectivity index (χ2v) is 4.53. The molecule has 4 heteroatoms. The maximum Gasteiger partial charge on any atom is 0.336 e. The Balaban J connectivity index is 2.14. The Hall–Kier alpha value is -1.29. The van der Waals surface area contributed by atoms with Crippen LogP contribution in [-0.4, -0.2) is 12.3 Å². The molecule has 0 fully saturated rings. The Labute approximate surface area is 102 Å². The molecule has 0 radical (unpaired) electrons. The molecule has 1 unspecified atom stereocenters. The van der Waals surface area contributed by atoms with Gasteiger partial charge in [0.2, 0.25) is 0 Å². The molecular weight excluding hydrogens is 272 g/mol. The summed E-state index contributed by atoms with van der Waals surface area (Å²) in [6.45, 7) is 3.70.